The van der Waals surface area contributed by atoms with E-state index in [2.05, 4.69) is 25.3 Å². The summed E-state index contributed by atoms with van der Waals surface area (Å²) < 4.78 is 6.72. The van der Waals surface area contributed by atoms with Gasteiger partial charge in [0, 0.05) is 32.3 Å². The molecule has 0 saturated carbocycles. The molecule has 2 aromatic rings. The Hall–Kier alpha value is -2.97. The first-order valence-electron chi connectivity index (χ1n) is 8.66. The van der Waals surface area contributed by atoms with Gasteiger partial charge in [0.1, 0.15) is 24.4 Å². The van der Waals surface area contributed by atoms with Crippen molar-refractivity contribution in [2.24, 2.45) is 7.05 Å². The van der Waals surface area contributed by atoms with E-state index in [4.69, 9.17) is 4.74 Å². The van der Waals surface area contributed by atoms with E-state index in [1.807, 2.05) is 6.07 Å². The maximum Gasteiger partial charge on any atom is 0.271 e. The molecule has 3 heterocycles. The van der Waals surface area contributed by atoms with Crippen LogP contribution in [0.15, 0.2) is 29.3 Å². The first-order valence-corrected chi connectivity index (χ1v) is 8.66. The largest absolute Gasteiger partial charge is 0.476 e. The number of anilines is 1. The number of rotatable bonds is 6. The third-order valence-corrected chi connectivity index (χ3v) is 4.14. The van der Waals surface area contributed by atoms with E-state index in [-0.39, 0.29) is 23.8 Å². The fraction of sp³-hybridized carbons (Fsp3) is 0.471. The number of nitrogens with one attached hydrogen (secondary N) is 1. The third kappa shape index (κ3) is 4.56. The summed E-state index contributed by atoms with van der Waals surface area (Å²) in [5.74, 6) is 0.990. The molecular weight excluding hydrogens is 336 g/mol. The van der Waals surface area contributed by atoms with Crippen LogP contribution >= 0.6 is 0 Å². The second kappa shape index (κ2) is 8.41. The minimum Gasteiger partial charge on any atom is -0.476 e. The second-order valence-electron chi connectivity index (χ2n) is 6.05. The Kier molecular flexibility index (Phi) is 5.77. The minimum atomic E-state index is -0.360. The lowest BCUT2D eigenvalue weighted by atomic mass is 10.1. The summed E-state index contributed by atoms with van der Waals surface area (Å²) in [6.45, 7) is 2.57. The molecule has 0 atom stereocenters. The number of aryl methyl sites for hydroxylation is 1. The van der Waals surface area contributed by atoms with Crippen LogP contribution in [0, 0.1) is 0 Å². The topological polar surface area (TPSA) is 102 Å². The number of piperidine rings is 1. The van der Waals surface area contributed by atoms with E-state index in [1.165, 1.54) is 44.8 Å². The van der Waals surface area contributed by atoms with Crippen molar-refractivity contribution in [1.82, 2.24) is 25.1 Å². The van der Waals surface area contributed by atoms with Crippen LogP contribution in [-0.2, 0) is 7.05 Å². The van der Waals surface area contributed by atoms with Crippen LogP contribution < -0.4 is 20.5 Å². The van der Waals surface area contributed by atoms with Gasteiger partial charge in [0.2, 0.25) is 5.88 Å². The van der Waals surface area contributed by atoms with E-state index in [1.54, 1.807) is 0 Å². The molecule has 0 unspecified atom stereocenters. The number of nitrogens with zero attached hydrogens (tertiary/aromatic N) is 5. The SMILES string of the molecule is Cn1nc(C(=O)NCCOc2cc(N3CCCCC3)ncn2)ccc1=O. The first kappa shape index (κ1) is 17.8. The number of hydrogen-bond acceptors (Lipinski definition) is 7. The highest BCUT2D eigenvalue weighted by molar-refractivity contribution is 5.91. The minimum absolute atomic E-state index is 0.182. The zero-order valence-corrected chi connectivity index (χ0v) is 14.7. The number of hydrogen-bond donors (Lipinski definition) is 1. The van der Waals surface area contributed by atoms with Gasteiger partial charge in [0.05, 0.1) is 6.54 Å². The highest BCUT2D eigenvalue weighted by atomic mass is 16.5. The van der Waals surface area contributed by atoms with Crippen LogP contribution in [0.1, 0.15) is 29.8 Å². The van der Waals surface area contributed by atoms with Gasteiger partial charge in [-0.3, -0.25) is 9.59 Å². The highest BCUT2D eigenvalue weighted by Gasteiger charge is 2.13. The number of amides is 1. The summed E-state index contributed by atoms with van der Waals surface area (Å²) in [4.78, 5) is 33.9. The Morgan fingerprint density at radius 3 is 2.81 bits per heavy atom. The third-order valence-electron chi connectivity index (χ3n) is 4.14. The summed E-state index contributed by atoms with van der Waals surface area (Å²) in [7, 11) is 1.50. The van der Waals surface area contributed by atoms with Gasteiger partial charge in [-0.1, -0.05) is 0 Å². The maximum atomic E-state index is 12.0. The molecule has 3 rings (SSSR count). The molecule has 0 aliphatic carbocycles. The first-order chi connectivity index (χ1) is 12.6. The molecule has 1 fully saturated rings. The molecule has 0 radical (unpaired) electrons. The standard InChI is InChI=1S/C17H22N6O3/c1-22-16(24)6-5-13(21-22)17(25)18-7-10-26-15-11-14(19-12-20-15)23-8-3-2-4-9-23/h5-6,11-12H,2-4,7-10H2,1H3,(H,18,25). The molecule has 26 heavy (non-hydrogen) atoms. The second-order valence-corrected chi connectivity index (χ2v) is 6.05. The van der Waals surface area contributed by atoms with Gasteiger partial charge in [0.25, 0.3) is 11.5 Å². The van der Waals surface area contributed by atoms with Crippen molar-refractivity contribution in [2.75, 3.05) is 31.1 Å². The lowest BCUT2D eigenvalue weighted by molar-refractivity contribution is 0.0939. The van der Waals surface area contributed by atoms with Crippen LogP contribution in [0.3, 0.4) is 0 Å². The normalized spacial score (nSPS) is 14.1. The average molecular weight is 358 g/mol. The van der Waals surface area contributed by atoms with Crippen LogP contribution in [0.5, 0.6) is 5.88 Å². The van der Waals surface area contributed by atoms with Crippen molar-refractivity contribution in [1.29, 1.82) is 0 Å². The van der Waals surface area contributed by atoms with Crippen molar-refractivity contribution in [3.05, 3.63) is 40.6 Å². The number of aromatic nitrogens is 4. The van der Waals surface area contributed by atoms with Gasteiger partial charge >= 0.3 is 0 Å². The molecule has 1 aliphatic heterocycles. The van der Waals surface area contributed by atoms with Crippen molar-refractivity contribution in [3.63, 3.8) is 0 Å². The van der Waals surface area contributed by atoms with E-state index in [0.29, 0.717) is 12.4 Å². The van der Waals surface area contributed by atoms with E-state index >= 15 is 0 Å². The molecule has 1 aliphatic rings. The number of ether oxygens (including phenoxy) is 1. The van der Waals surface area contributed by atoms with Gasteiger partial charge in [-0.05, 0) is 25.3 Å². The predicted octanol–water partition coefficient (Wildman–Crippen LogP) is 0.369. The van der Waals surface area contributed by atoms with Crippen molar-refractivity contribution in [3.8, 4) is 5.88 Å². The fourth-order valence-corrected chi connectivity index (χ4v) is 2.74. The molecule has 9 heteroatoms. The van der Waals surface area contributed by atoms with E-state index in [9.17, 15) is 9.59 Å². The Bertz CT molecular complexity index is 816. The van der Waals surface area contributed by atoms with Gasteiger partial charge in [-0.25, -0.2) is 14.6 Å². The molecule has 138 valence electrons. The fourth-order valence-electron chi connectivity index (χ4n) is 2.74. The Morgan fingerprint density at radius 2 is 2.04 bits per heavy atom. The smallest absolute Gasteiger partial charge is 0.271 e. The quantitative estimate of drug-likeness (QED) is 0.744. The molecule has 9 nitrogen and oxygen atoms in total. The van der Waals surface area contributed by atoms with Gasteiger partial charge < -0.3 is 15.0 Å². The molecule has 0 aromatic carbocycles. The Balaban J connectivity index is 1.48. The zero-order valence-electron chi connectivity index (χ0n) is 14.7. The predicted molar refractivity (Wildman–Crippen MR) is 95.4 cm³/mol. The Morgan fingerprint density at radius 1 is 1.23 bits per heavy atom. The lowest BCUT2D eigenvalue weighted by Crippen LogP contribution is -2.31. The molecule has 1 amide bonds. The maximum absolute atomic E-state index is 12.0. The van der Waals surface area contributed by atoms with Crippen LogP contribution in [-0.4, -0.2) is 51.9 Å². The van der Waals surface area contributed by atoms with E-state index < -0.39 is 0 Å². The summed E-state index contributed by atoms with van der Waals surface area (Å²) in [5, 5.41) is 6.60. The molecule has 2 aromatic heterocycles. The molecule has 1 N–H and O–H groups in total. The average Bonchev–Trinajstić information content (AvgIpc) is 2.68. The van der Waals surface area contributed by atoms with Crippen LogP contribution in [0.4, 0.5) is 5.82 Å². The summed E-state index contributed by atoms with van der Waals surface area (Å²) in [6.07, 6.45) is 5.10. The van der Waals surface area contributed by atoms with Gasteiger partial charge in [0.15, 0.2) is 0 Å². The van der Waals surface area contributed by atoms with E-state index in [0.717, 1.165) is 23.6 Å². The van der Waals surface area contributed by atoms with Crippen molar-refractivity contribution < 1.29 is 9.53 Å². The van der Waals surface area contributed by atoms with Gasteiger partial charge in [-0.15, -0.1) is 0 Å². The zero-order chi connectivity index (χ0) is 18.4. The molecule has 0 spiro atoms. The molecule has 1 saturated heterocycles. The van der Waals surface area contributed by atoms with Gasteiger partial charge in [-0.2, -0.15) is 5.10 Å². The Labute approximate surface area is 151 Å². The van der Waals surface area contributed by atoms with Crippen LogP contribution in [0.2, 0.25) is 0 Å². The monoisotopic (exact) mass is 358 g/mol. The number of carbonyl (C=O) groups excluding carboxylic acids is 1. The number of carbonyl (C=O) groups is 1. The van der Waals surface area contributed by atoms with Crippen molar-refractivity contribution >= 4 is 11.7 Å². The molecular formula is C17H22N6O3. The van der Waals surface area contributed by atoms with Crippen LogP contribution in [0.25, 0.3) is 0 Å². The van der Waals surface area contributed by atoms with Crippen molar-refractivity contribution in [2.45, 2.75) is 19.3 Å². The summed E-state index contributed by atoms with van der Waals surface area (Å²) in [5.41, 5.74) is -0.0836. The summed E-state index contributed by atoms with van der Waals surface area (Å²) >= 11 is 0. The highest BCUT2D eigenvalue weighted by Crippen LogP contribution is 2.19. The molecule has 0 bridgehead atoms. The summed E-state index contributed by atoms with van der Waals surface area (Å²) in [6, 6.07) is 4.52. The lowest BCUT2D eigenvalue weighted by Gasteiger charge is -2.27.